The number of aliphatic hydroxyl groups is 1. The lowest BCUT2D eigenvalue weighted by Crippen LogP contribution is -2.30. The maximum Gasteiger partial charge on any atom is 0.472 e. The highest BCUT2D eigenvalue weighted by Crippen LogP contribution is 2.45. The number of unbranched alkanes of at least 4 members (excludes halogenated alkanes) is 32. The Labute approximate surface area is 498 Å². The average Bonchev–Trinajstić information content (AvgIpc) is 3.43. The van der Waals surface area contributed by atoms with Gasteiger partial charge in [0.15, 0.2) is 12.2 Å². The largest absolute Gasteiger partial charge is 0.472 e. The topological polar surface area (TPSA) is 237 Å². The molecule has 0 rings (SSSR count). The zero-order valence-electron chi connectivity index (χ0n) is 52.8. The summed E-state index contributed by atoms with van der Waals surface area (Å²) in [5, 5.41) is 10.5. The first kappa shape index (κ1) is 80.1. The van der Waals surface area contributed by atoms with Gasteiger partial charge in [0.25, 0.3) is 0 Å². The van der Waals surface area contributed by atoms with Crippen LogP contribution in [0.5, 0.6) is 0 Å². The van der Waals surface area contributed by atoms with E-state index in [1.54, 1.807) is 0 Å². The van der Waals surface area contributed by atoms with Crippen LogP contribution in [-0.4, -0.2) is 96.7 Å². The Hall–Kier alpha value is -1.94. The van der Waals surface area contributed by atoms with Crippen LogP contribution in [0.25, 0.3) is 0 Å². The van der Waals surface area contributed by atoms with Gasteiger partial charge >= 0.3 is 39.5 Å². The van der Waals surface area contributed by atoms with Gasteiger partial charge < -0.3 is 33.8 Å². The number of aliphatic hydroxyl groups excluding tert-OH is 1. The van der Waals surface area contributed by atoms with Gasteiger partial charge in [0, 0.05) is 25.7 Å². The third-order valence-corrected chi connectivity index (χ3v) is 16.4. The van der Waals surface area contributed by atoms with Crippen molar-refractivity contribution in [3.63, 3.8) is 0 Å². The lowest BCUT2D eigenvalue weighted by Gasteiger charge is -2.21. The fourth-order valence-electron chi connectivity index (χ4n) is 9.35. The van der Waals surface area contributed by atoms with E-state index in [0.29, 0.717) is 25.7 Å². The zero-order valence-corrected chi connectivity index (χ0v) is 54.6. The van der Waals surface area contributed by atoms with E-state index in [4.69, 9.17) is 37.0 Å². The van der Waals surface area contributed by atoms with Crippen molar-refractivity contribution in [3.8, 4) is 0 Å². The first-order valence-corrected chi connectivity index (χ1v) is 36.0. The van der Waals surface area contributed by atoms with Gasteiger partial charge in [0.05, 0.1) is 26.4 Å². The summed E-state index contributed by atoms with van der Waals surface area (Å²) < 4.78 is 67.8. The van der Waals surface area contributed by atoms with Gasteiger partial charge in [0.1, 0.15) is 19.3 Å². The van der Waals surface area contributed by atoms with Crippen molar-refractivity contribution < 1.29 is 80.2 Å². The summed E-state index contributed by atoms with van der Waals surface area (Å²) in [4.78, 5) is 71.9. The number of hydrogen-bond acceptors (Lipinski definition) is 15. The molecule has 0 amide bonds. The fraction of sp³-hybridized carbons (Fsp3) is 0.937. The molecule has 0 aromatic rings. The first-order chi connectivity index (χ1) is 39.4. The van der Waals surface area contributed by atoms with Crippen LogP contribution in [0, 0.1) is 11.8 Å². The molecular weight excluding hydrogens is 1090 g/mol. The van der Waals surface area contributed by atoms with E-state index in [2.05, 4.69) is 41.5 Å². The highest BCUT2D eigenvalue weighted by atomic mass is 31.2. The van der Waals surface area contributed by atoms with Gasteiger partial charge in [-0.05, 0) is 37.5 Å². The second-order valence-corrected chi connectivity index (χ2v) is 26.7. The summed E-state index contributed by atoms with van der Waals surface area (Å²) in [6.07, 6.45) is 37.8. The SMILES string of the molecule is CCCCCCCCCCCCCCC(=O)O[C@H](COC(=O)CCCCCCC)COP(=O)(O)OC[C@H](O)COP(=O)(O)OC[C@@H](COC(=O)CCCCCCCCCCCC(C)C)OC(=O)CCCCCCCCCCCCC(C)C. The van der Waals surface area contributed by atoms with E-state index in [0.717, 1.165) is 108 Å². The van der Waals surface area contributed by atoms with Gasteiger partial charge in [-0.1, -0.05) is 260 Å². The molecule has 2 unspecified atom stereocenters. The van der Waals surface area contributed by atoms with Crippen molar-refractivity contribution in [2.24, 2.45) is 11.8 Å². The quantitative estimate of drug-likeness (QED) is 0.0222. The van der Waals surface area contributed by atoms with Crippen molar-refractivity contribution in [3.05, 3.63) is 0 Å². The summed E-state index contributed by atoms with van der Waals surface area (Å²) in [5.41, 5.74) is 0. The highest BCUT2D eigenvalue weighted by molar-refractivity contribution is 7.47. The second-order valence-electron chi connectivity index (χ2n) is 23.7. The number of carbonyl (C=O) groups excluding carboxylic acids is 4. The molecule has 17 nitrogen and oxygen atoms in total. The van der Waals surface area contributed by atoms with Crippen LogP contribution in [0.15, 0.2) is 0 Å². The number of hydrogen-bond donors (Lipinski definition) is 3. The Kier molecular flexibility index (Phi) is 54.3. The zero-order chi connectivity index (χ0) is 60.8. The molecule has 3 N–H and O–H groups in total. The van der Waals surface area contributed by atoms with Crippen LogP contribution in [0.2, 0.25) is 0 Å². The summed E-state index contributed by atoms with van der Waals surface area (Å²) in [6, 6.07) is 0. The molecule has 0 fully saturated rings. The summed E-state index contributed by atoms with van der Waals surface area (Å²) in [5.74, 6) is -0.649. The molecule has 19 heteroatoms. The molecule has 0 radical (unpaired) electrons. The maximum atomic E-state index is 13.0. The summed E-state index contributed by atoms with van der Waals surface area (Å²) in [6.45, 7) is 9.38. The Morgan fingerprint density at radius 1 is 0.329 bits per heavy atom. The van der Waals surface area contributed by atoms with Crippen LogP contribution >= 0.6 is 15.6 Å². The normalized spacial score (nSPS) is 14.3. The molecule has 0 aromatic carbocycles. The van der Waals surface area contributed by atoms with Crippen LogP contribution in [0.1, 0.15) is 311 Å². The number of phosphoric ester groups is 2. The molecule has 0 aliphatic carbocycles. The van der Waals surface area contributed by atoms with Crippen molar-refractivity contribution >= 4 is 39.5 Å². The molecule has 5 atom stereocenters. The highest BCUT2D eigenvalue weighted by Gasteiger charge is 2.30. The molecule has 486 valence electrons. The minimum atomic E-state index is -4.94. The Bertz CT molecular complexity index is 1620. The second kappa shape index (κ2) is 55.6. The van der Waals surface area contributed by atoms with Gasteiger partial charge in [-0.3, -0.25) is 37.3 Å². The number of ether oxygens (including phenoxy) is 4. The molecule has 0 spiro atoms. The molecule has 0 heterocycles. The van der Waals surface area contributed by atoms with Crippen molar-refractivity contribution in [2.75, 3.05) is 39.6 Å². The number of rotatable bonds is 62. The number of carbonyl (C=O) groups is 4. The predicted molar refractivity (Wildman–Crippen MR) is 326 cm³/mol. The van der Waals surface area contributed by atoms with Crippen LogP contribution in [-0.2, 0) is 65.4 Å². The van der Waals surface area contributed by atoms with E-state index in [9.17, 15) is 43.2 Å². The smallest absolute Gasteiger partial charge is 0.462 e. The molecule has 82 heavy (non-hydrogen) atoms. The summed E-state index contributed by atoms with van der Waals surface area (Å²) in [7, 11) is -9.88. The monoisotopic (exact) mass is 1210 g/mol. The van der Waals surface area contributed by atoms with Gasteiger partial charge in [-0.25, -0.2) is 9.13 Å². The molecule has 0 aliphatic heterocycles. The van der Waals surface area contributed by atoms with Crippen LogP contribution < -0.4 is 0 Å². The number of phosphoric acid groups is 2. The molecule has 0 saturated heterocycles. The van der Waals surface area contributed by atoms with Gasteiger partial charge in [-0.15, -0.1) is 0 Å². The third-order valence-electron chi connectivity index (χ3n) is 14.5. The Morgan fingerprint density at radius 3 is 0.829 bits per heavy atom. The first-order valence-electron chi connectivity index (χ1n) is 33.0. The van der Waals surface area contributed by atoms with Gasteiger partial charge in [0.2, 0.25) is 0 Å². The van der Waals surface area contributed by atoms with Crippen molar-refractivity contribution in [1.29, 1.82) is 0 Å². The van der Waals surface area contributed by atoms with Crippen LogP contribution in [0.3, 0.4) is 0 Å². The van der Waals surface area contributed by atoms with E-state index >= 15 is 0 Å². The Morgan fingerprint density at radius 2 is 0.561 bits per heavy atom. The van der Waals surface area contributed by atoms with E-state index in [1.807, 2.05) is 0 Å². The van der Waals surface area contributed by atoms with E-state index in [1.165, 1.54) is 122 Å². The molecule has 0 aliphatic rings. The molecular formula is C63H122O17P2. The third kappa shape index (κ3) is 57.2. The Balaban J connectivity index is 5.18. The van der Waals surface area contributed by atoms with E-state index < -0.39 is 97.5 Å². The molecule has 0 bridgehead atoms. The van der Waals surface area contributed by atoms with Crippen molar-refractivity contribution in [2.45, 2.75) is 330 Å². The lowest BCUT2D eigenvalue weighted by atomic mass is 10.0. The molecule has 0 saturated carbocycles. The average molecular weight is 1210 g/mol. The molecule has 0 aromatic heterocycles. The van der Waals surface area contributed by atoms with Crippen LogP contribution in [0.4, 0.5) is 0 Å². The standard InChI is InChI=1S/C63H122O17P2/c1-7-9-11-13-14-15-16-17-23-29-35-41-47-62(67)79-58(51-73-60(65)45-39-31-12-10-8-2)53-77-81(69,70)75-49-57(64)50-76-82(71,72)78-54-59(52-74-61(66)46-40-34-28-25-20-22-27-33-38-44-56(5)6)80-63(68)48-42-36-30-24-19-18-21-26-32-37-43-55(3)4/h55-59,64H,7-54H2,1-6H3,(H,69,70)(H,71,72)/t57-,58+,59+/m0/s1. The van der Waals surface area contributed by atoms with Gasteiger partial charge in [-0.2, -0.15) is 0 Å². The van der Waals surface area contributed by atoms with Crippen molar-refractivity contribution in [1.82, 2.24) is 0 Å². The number of esters is 4. The van der Waals surface area contributed by atoms with E-state index in [-0.39, 0.29) is 25.7 Å². The lowest BCUT2D eigenvalue weighted by molar-refractivity contribution is -0.161. The maximum absolute atomic E-state index is 13.0. The summed E-state index contributed by atoms with van der Waals surface area (Å²) >= 11 is 0. The predicted octanol–water partition coefficient (Wildman–Crippen LogP) is 17.3. The minimum absolute atomic E-state index is 0.105. The minimum Gasteiger partial charge on any atom is -0.462 e. The fourth-order valence-corrected chi connectivity index (χ4v) is 10.9.